The van der Waals surface area contributed by atoms with Crippen molar-refractivity contribution in [1.82, 2.24) is 0 Å². The van der Waals surface area contributed by atoms with Gasteiger partial charge >= 0.3 is 0 Å². The van der Waals surface area contributed by atoms with Gasteiger partial charge in [0.05, 0.1) is 14.2 Å². The van der Waals surface area contributed by atoms with Crippen molar-refractivity contribution in [3.05, 3.63) is 67.6 Å². The SMILES string of the molecule is COc1ccc(Br)cc1/C=C1/CC(C(C)(C)C)C/C(=C\c2cc(Br)ccc2OC)C1=O. The third-order valence-electron chi connectivity index (χ3n) is 5.78. The zero-order valence-corrected chi connectivity index (χ0v) is 21.8. The fourth-order valence-electron chi connectivity index (χ4n) is 3.87. The summed E-state index contributed by atoms with van der Waals surface area (Å²) in [7, 11) is 3.30. The molecule has 0 bridgehead atoms. The highest BCUT2D eigenvalue weighted by molar-refractivity contribution is 9.10. The van der Waals surface area contributed by atoms with Crippen molar-refractivity contribution >= 4 is 49.8 Å². The number of halogens is 2. The van der Waals surface area contributed by atoms with Gasteiger partial charge in [0, 0.05) is 31.2 Å². The molecule has 1 atom stereocenters. The molecular formula is C26H28Br2O3. The maximum Gasteiger partial charge on any atom is 0.185 e. The Balaban J connectivity index is 2.11. The number of hydrogen-bond acceptors (Lipinski definition) is 3. The van der Waals surface area contributed by atoms with Gasteiger partial charge in [0.25, 0.3) is 0 Å². The molecule has 2 aromatic carbocycles. The van der Waals surface area contributed by atoms with E-state index in [1.807, 2.05) is 48.6 Å². The number of rotatable bonds is 4. The van der Waals surface area contributed by atoms with E-state index in [1.54, 1.807) is 14.2 Å². The Kier molecular flexibility index (Phi) is 7.48. The minimum Gasteiger partial charge on any atom is -0.496 e. The number of ketones is 1. The van der Waals surface area contributed by atoms with Crippen LogP contribution in [0, 0.1) is 11.3 Å². The Hall–Kier alpha value is -1.85. The highest BCUT2D eigenvalue weighted by Crippen LogP contribution is 2.43. The summed E-state index contributed by atoms with van der Waals surface area (Å²) in [5, 5.41) is 0. The number of benzene rings is 2. The molecule has 0 saturated heterocycles. The molecule has 1 aliphatic rings. The molecule has 164 valence electrons. The van der Waals surface area contributed by atoms with Crippen LogP contribution in [0.2, 0.25) is 0 Å². The molecule has 0 radical (unpaired) electrons. The molecule has 3 rings (SSSR count). The summed E-state index contributed by atoms with van der Waals surface area (Å²) in [5.41, 5.74) is 3.48. The normalized spacial score (nSPS) is 19.7. The molecule has 1 aliphatic carbocycles. The maximum atomic E-state index is 13.5. The molecule has 0 aromatic heterocycles. The highest BCUT2D eigenvalue weighted by Gasteiger charge is 2.34. The Morgan fingerprint density at radius 2 is 1.26 bits per heavy atom. The standard InChI is InChI=1S/C26H28Br2O3/c1-26(2,3)20-12-18(10-16-14-21(27)6-8-23(16)30-4)25(29)19(13-20)11-17-15-22(28)7-9-24(17)31-5/h6-11,14-15,20H,12-13H2,1-5H3/b18-10-,19-11+. The van der Waals surface area contributed by atoms with Gasteiger partial charge in [-0.3, -0.25) is 4.79 Å². The van der Waals surface area contributed by atoms with E-state index in [4.69, 9.17) is 9.47 Å². The average Bonchev–Trinajstić information content (AvgIpc) is 2.70. The van der Waals surface area contributed by atoms with E-state index in [2.05, 4.69) is 52.6 Å². The second kappa shape index (κ2) is 9.74. The zero-order valence-electron chi connectivity index (χ0n) is 18.6. The smallest absolute Gasteiger partial charge is 0.185 e. The lowest BCUT2D eigenvalue weighted by Crippen LogP contribution is -2.29. The van der Waals surface area contributed by atoms with Gasteiger partial charge in [-0.15, -0.1) is 0 Å². The zero-order chi connectivity index (χ0) is 22.8. The van der Waals surface area contributed by atoms with Crippen molar-refractivity contribution in [2.24, 2.45) is 11.3 Å². The van der Waals surface area contributed by atoms with Gasteiger partial charge < -0.3 is 9.47 Å². The Morgan fingerprint density at radius 1 is 0.839 bits per heavy atom. The fourth-order valence-corrected chi connectivity index (χ4v) is 4.63. The van der Waals surface area contributed by atoms with Gasteiger partial charge in [-0.2, -0.15) is 0 Å². The molecule has 5 heteroatoms. The second-order valence-corrected chi connectivity index (χ2v) is 10.7. The number of carbonyl (C=O) groups excluding carboxylic acids is 1. The van der Waals surface area contributed by atoms with Crippen LogP contribution in [0.15, 0.2) is 56.5 Å². The predicted molar refractivity (Wildman–Crippen MR) is 135 cm³/mol. The van der Waals surface area contributed by atoms with Crippen molar-refractivity contribution in [3.63, 3.8) is 0 Å². The van der Waals surface area contributed by atoms with Crippen molar-refractivity contribution in [3.8, 4) is 11.5 Å². The average molecular weight is 548 g/mol. The first-order valence-corrected chi connectivity index (χ1v) is 11.8. The van der Waals surface area contributed by atoms with Crippen molar-refractivity contribution in [1.29, 1.82) is 0 Å². The number of methoxy groups -OCH3 is 2. The van der Waals surface area contributed by atoms with Crippen LogP contribution in [0.5, 0.6) is 11.5 Å². The number of allylic oxidation sites excluding steroid dienone is 2. The van der Waals surface area contributed by atoms with E-state index in [0.29, 0.717) is 5.92 Å². The first kappa shape index (κ1) is 23.8. The van der Waals surface area contributed by atoms with Crippen molar-refractivity contribution in [2.75, 3.05) is 14.2 Å². The molecule has 3 nitrogen and oxygen atoms in total. The Morgan fingerprint density at radius 3 is 1.61 bits per heavy atom. The lowest BCUT2D eigenvalue weighted by atomic mass is 9.68. The van der Waals surface area contributed by atoms with Crippen molar-refractivity contribution < 1.29 is 14.3 Å². The van der Waals surface area contributed by atoms with Gasteiger partial charge in [-0.05, 0) is 72.7 Å². The van der Waals surface area contributed by atoms with Gasteiger partial charge in [-0.25, -0.2) is 0 Å². The van der Waals surface area contributed by atoms with E-state index in [1.165, 1.54) is 0 Å². The van der Waals surface area contributed by atoms with Crippen LogP contribution in [-0.2, 0) is 4.79 Å². The molecule has 2 aromatic rings. The number of carbonyl (C=O) groups is 1. The molecule has 0 aliphatic heterocycles. The summed E-state index contributed by atoms with van der Waals surface area (Å²) >= 11 is 7.06. The summed E-state index contributed by atoms with van der Waals surface area (Å²) < 4.78 is 12.9. The van der Waals surface area contributed by atoms with Crippen LogP contribution >= 0.6 is 31.9 Å². The van der Waals surface area contributed by atoms with Crippen LogP contribution in [0.4, 0.5) is 0 Å². The molecule has 1 fully saturated rings. The van der Waals surface area contributed by atoms with Gasteiger partial charge in [0.1, 0.15) is 11.5 Å². The van der Waals surface area contributed by atoms with Crippen LogP contribution in [0.25, 0.3) is 12.2 Å². The molecule has 1 unspecified atom stereocenters. The molecule has 31 heavy (non-hydrogen) atoms. The minimum atomic E-state index is 0.0710. The minimum absolute atomic E-state index is 0.0710. The van der Waals surface area contributed by atoms with Gasteiger partial charge in [-0.1, -0.05) is 52.6 Å². The van der Waals surface area contributed by atoms with Crippen LogP contribution in [-0.4, -0.2) is 20.0 Å². The predicted octanol–water partition coefficient (Wildman–Crippen LogP) is 7.72. The summed E-state index contributed by atoms with van der Waals surface area (Å²) in [6.45, 7) is 6.71. The second-order valence-electron chi connectivity index (χ2n) is 8.91. The van der Waals surface area contributed by atoms with Gasteiger partial charge in [0.15, 0.2) is 5.78 Å². The van der Waals surface area contributed by atoms with E-state index < -0.39 is 0 Å². The fraction of sp³-hybridized carbons (Fsp3) is 0.346. The number of hydrogen-bond donors (Lipinski definition) is 0. The van der Waals surface area contributed by atoms with E-state index in [9.17, 15) is 4.79 Å². The Labute approximate surface area is 201 Å². The largest absolute Gasteiger partial charge is 0.496 e. The molecule has 0 spiro atoms. The lowest BCUT2D eigenvalue weighted by Gasteiger charge is -2.35. The first-order valence-electron chi connectivity index (χ1n) is 10.2. The van der Waals surface area contributed by atoms with Crippen molar-refractivity contribution in [2.45, 2.75) is 33.6 Å². The summed E-state index contributed by atoms with van der Waals surface area (Å²) in [5.74, 6) is 1.93. The lowest BCUT2D eigenvalue weighted by molar-refractivity contribution is -0.113. The summed E-state index contributed by atoms with van der Waals surface area (Å²) in [6.07, 6.45) is 5.45. The maximum absolute atomic E-state index is 13.5. The molecule has 1 saturated carbocycles. The monoisotopic (exact) mass is 546 g/mol. The first-order chi connectivity index (χ1) is 14.6. The third kappa shape index (κ3) is 5.69. The highest BCUT2D eigenvalue weighted by atomic mass is 79.9. The summed E-state index contributed by atoms with van der Waals surface area (Å²) in [6, 6.07) is 11.7. The number of ether oxygens (including phenoxy) is 2. The topological polar surface area (TPSA) is 35.5 Å². The molecular weight excluding hydrogens is 520 g/mol. The van der Waals surface area contributed by atoms with Crippen LogP contribution in [0.1, 0.15) is 44.7 Å². The Bertz CT molecular complexity index is 970. The number of Topliss-reactive ketones (excluding diaryl/α,β-unsaturated/α-hetero) is 1. The molecule has 0 amide bonds. The van der Waals surface area contributed by atoms with E-state index in [0.717, 1.165) is 55.6 Å². The van der Waals surface area contributed by atoms with E-state index in [-0.39, 0.29) is 11.2 Å². The van der Waals surface area contributed by atoms with Gasteiger partial charge in [0.2, 0.25) is 0 Å². The molecule has 0 N–H and O–H groups in total. The third-order valence-corrected chi connectivity index (χ3v) is 6.77. The summed E-state index contributed by atoms with van der Waals surface area (Å²) in [4.78, 5) is 13.5. The quantitative estimate of drug-likeness (QED) is 0.367. The van der Waals surface area contributed by atoms with Crippen LogP contribution < -0.4 is 9.47 Å². The van der Waals surface area contributed by atoms with Crippen LogP contribution in [0.3, 0.4) is 0 Å². The molecule has 0 heterocycles. The van der Waals surface area contributed by atoms with E-state index >= 15 is 0 Å².